The third kappa shape index (κ3) is 3.04. The monoisotopic (exact) mass is 222 g/mol. The molecule has 0 fully saturated rings. The summed E-state index contributed by atoms with van der Waals surface area (Å²) < 4.78 is 0. The maximum Gasteiger partial charge on any atom is 0.0869 e. The van der Waals surface area contributed by atoms with Gasteiger partial charge >= 0.3 is 0 Å². The van der Waals surface area contributed by atoms with Crippen molar-refractivity contribution in [3.05, 3.63) is 11.4 Å². The summed E-state index contributed by atoms with van der Waals surface area (Å²) in [7, 11) is 0. The van der Waals surface area contributed by atoms with Gasteiger partial charge in [-0.25, -0.2) is 0 Å². The molecule has 0 aliphatic carbocycles. The van der Waals surface area contributed by atoms with E-state index in [0.29, 0.717) is 11.5 Å². The van der Waals surface area contributed by atoms with Gasteiger partial charge < -0.3 is 5.32 Å². The number of aryl methyl sites for hydroxylation is 1. The fourth-order valence-electron chi connectivity index (χ4n) is 2.40. The largest absolute Gasteiger partial charge is 0.314 e. The lowest BCUT2D eigenvalue weighted by molar-refractivity contribution is 0.296. The normalized spacial score (nSPS) is 22.3. The molecule has 1 atom stereocenters. The van der Waals surface area contributed by atoms with Crippen LogP contribution in [0.3, 0.4) is 0 Å². The summed E-state index contributed by atoms with van der Waals surface area (Å²) >= 11 is 0. The van der Waals surface area contributed by atoms with Gasteiger partial charge in [-0.2, -0.15) is 15.4 Å². The Morgan fingerprint density at radius 1 is 1.19 bits per heavy atom. The zero-order chi connectivity index (χ0) is 11.6. The van der Waals surface area contributed by atoms with Gasteiger partial charge in [0.05, 0.1) is 11.4 Å². The number of hydrogen-bond donors (Lipinski definition) is 2. The number of rotatable bonds is 1. The van der Waals surface area contributed by atoms with E-state index in [1.807, 2.05) is 0 Å². The Kier molecular flexibility index (Phi) is 3.28. The number of aromatic amines is 1. The Bertz CT molecular complexity index is 337. The van der Waals surface area contributed by atoms with Crippen LogP contribution in [0.4, 0.5) is 0 Å². The number of fused-ring (bicyclic) bond motifs is 1. The lowest BCUT2D eigenvalue weighted by atomic mass is 9.86. The van der Waals surface area contributed by atoms with Gasteiger partial charge in [0.1, 0.15) is 0 Å². The Morgan fingerprint density at radius 3 is 2.56 bits per heavy atom. The lowest BCUT2D eigenvalue weighted by Crippen LogP contribution is -2.36. The van der Waals surface area contributed by atoms with Gasteiger partial charge in [-0.3, -0.25) is 0 Å². The molecule has 0 saturated carbocycles. The van der Waals surface area contributed by atoms with Crippen molar-refractivity contribution in [2.24, 2.45) is 5.41 Å². The zero-order valence-corrected chi connectivity index (χ0v) is 10.5. The smallest absolute Gasteiger partial charge is 0.0869 e. The number of hydrogen-bond acceptors (Lipinski definition) is 3. The van der Waals surface area contributed by atoms with Crippen molar-refractivity contribution in [2.75, 3.05) is 6.54 Å². The van der Waals surface area contributed by atoms with Crippen molar-refractivity contribution in [1.82, 2.24) is 20.7 Å². The molecule has 4 nitrogen and oxygen atoms in total. The topological polar surface area (TPSA) is 53.6 Å². The van der Waals surface area contributed by atoms with Crippen molar-refractivity contribution in [3.8, 4) is 0 Å². The average Bonchev–Trinajstić information content (AvgIpc) is 2.55. The van der Waals surface area contributed by atoms with Crippen LogP contribution in [0.2, 0.25) is 0 Å². The van der Waals surface area contributed by atoms with Crippen molar-refractivity contribution in [1.29, 1.82) is 0 Å². The quantitative estimate of drug-likeness (QED) is 0.760. The molecule has 4 heteroatoms. The minimum atomic E-state index is 0.392. The molecule has 1 aliphatic rings. The first-order chi connectivity index (χ1) is 7.54. The fourth-order valence-corrected chi connectivity index (χ4v) is 2.40. The summed E-state index contributed by atoms with van der Waals surface area (Å²) in [5, 5.41) is 14.8. The van der Waals surface area contributed by atoms with E-state index in [2.05, 4.69) is 41.5 Å². The predicted octanol–water partition coefficient (Wildman–Crippen LogP) is 1.69. The number of aromatic nitrogens is 3. The van der Waals surface area contributed by atoms with Gasteiger partial charge in [-0.05, 0) is 24.7 Å². The maximum atomic E-state index is 4.23. The van der Waals surface area contributed by atoms with Crippen LogP contribution in [-0.2, 0) is 12.8 Å². The molecular formula is C12H22N4. The number of nitrogens with one attached hydrogen (secondary N) is 2. The summed E-state index contributed by atoms with van der Waals surface area (Å²) in [5.74, 6) is 0. The molecular weight excluding hydrogens is 200 g/mol. The number of H-pyrrole nitrogens is 1. The van der Waals surface area contributed by atoms with Crippen molar-refractivity contribution in [2.45, 2.75) is 52.5 Å². The van der Waals surface area contributed by atoms with Crippen LogP contribution in [0.1, 0.15) is 45.0 Å². The molecule has 2 N–H and O–H groups in total. The third-order valence-electron chi connectivity index (χ3n) is 3.09. The van der Waals surface area contributed by atoms with Gasteiger partial charge in [-0.15, -0.1) is 0 Å². The summed E-state index contributed by atoms with van der Waals surface area (Å²) in [6.45, 7) is 7.92. The second-order valence-corrected chi connectivity index (χ2v) is 5.92. The molecule has 0 radical (unpaired) electrons. The van der Waals surface area contributed by atoms with Gasteiger partial charge in [-0.1, -0.05) is 20.8 Å². The first kappa shape index (κ1) is 11.6. The Hall–Kier alpha value is -0.900. The van der Waals surface area contributed by atoms with E-state index in [1.165, 1.54) is 12.1 Å². The minimum absolute atomic E-state index is 0.392. The van der Waals surface area contributed by atoms with E-state index in [-0.39, 0.29) is 0 Å². The van der Waals surface area contributed by atoms with E-state index in [1.54, 1.807) is 0 Å². The van der Waals surface area contributed by atoms with Crippen LogP contribution >= 0.6 is 0 Å². The van der Waals surface area contributed by atoms with Crippen LogP contribution < -0.4 is 5.32 Å². The Morgan fingerprint density at radius 2 is 1.88 bits per heavy atom. The van der Waals surface area contributed by atoms with E-state index in [0.717, 1.165) is 31.5 Å². The van der Waals surface area contributed by atoms with Gasteiger partial charge in [0.2, 0.25) is 0 Å². The maximum absolute atomic E-state index is 4.23. The molecule has 1 aromatic rings. The summed E-state index contributed by atoms with van der Waals surface area (Å²) in [4.78, 5) is 0. The minimum Gasteiger partial charge on any atom is -0.314 e. The standard InChI is InChI=1S/C12H22N4/c1-12(2,3)8-9-4-5-10-11(6-7-13-9)15-16-14-10/h9,13H,4-8H2,1-3H3,(H,14,15,16). The first-order valence-electron chi connectivity index (χ1n) is 6.16. The van der Waals surface area contributed by atoms with Crippen LogP contribution in [0.25, 0.3) is 0 Å². The molecule has 0 aromatic carbocycles. The Labute approximate surface area is 97.2 Å². The highest BCUT2D eigenvalue weighted by atomic mass is 15.3. The second-order valence-electron chi connectivity index (χ2n) is 5.92. The van der Waals surface area contributed by atoms with Crippen molar-refractivity contribution < 1.29 is 0 Å². The summed E-state index contributed by atoms with van der Waals surface area (Å²) in [6.07, 6.45) is 4.42. The SMILES string of the molecule is CC(C)(C)CC1CCc2n[nH]nc2CCN1. The molecule has 0 saturated heterocycles. The highest BCUT2D eigenvalue weighted by Crippen LogP contribution is 2.23. The molecule has 90 valence electrons. The van der Waals surface area contributed by atoms with Crippen LogP contribution in [-0.4, -0.2) is 28.0 Å². The Balaban J connectivity index is 1.97. The lowest BCUT2D eigenvalue weighted by Gasteiger charge is -2.27. The van der Waals surface area contributed by atoms with Gasteiger partial charge in [0.15, 0.2) is 0 Å². The molecule has 0 amide bonds. The zero-order valence-electron chi connectivity index (χ0n) is 10.5. The molecule has 1 aliphatic heterocycles. The highest BCUT2D eigenvalue weighted by Gasteiger charge is 2.21. The molecule has 1 unspecified atom stereocenters. The van der Waals surface area contributed by atoms with Gasteiger partial charge in [0, 0.05) is 19.0 Å². The summed E-state index contributed by atoms with van der Waals surface area (Å²) in [6, 6.07) is 0.616. The molecule has 1 aromatic heterocycles. The highest BCUT2D eigenvalue weighted by molar-refractivity contribution is 5.10. The number of nitrogens with zero attached hydrogens (tertiary/aromatic N) is 2. The molecule has 16 heavy (non-hydrogen) atoms. The van der Waals surface area contributed by atoms with Crippen LogP contribution in [0.5, 0.6) is 0 Å². The molecule has 2 heterocycles. The van der Waals surface area contributed by atoms with E-state index < -0.39 is 0 Å². The average molecular weight is 222 g/mol. The van der Waals surface area contributed by atoms with Crippen molar-refractivity contribution in [3.63, 3.8) is 0 Å². The fraction of sp³-hybridized carbons (Fsp3) is 0.833. The van der Waals surface area contributed by atoms with Crippen LogP contribution in [0, 0.1) is 5.41 Å². The first-order valence-corrected chi connectivity index (χ1v) is 6.16. The van der Waals surface area contributed by atoms with Crippen LogP contribution in [0.15, 0.2) is 0 Å². The van der Waals surface area contributed by atoms with E-state index in [4.69, 9.17) is 0 Å². The third-order valence-corrected chi connectivity index (χ3v) is 3.09. The second kappa shape index (κ2) is 4.53. The van der Waals surface area contributed by atoms with E-state index >= 15 is 0 Å². The molecule has 2 rings (SSSR count). The van der Waals surface area contributed by atoms with E-state index in [9.17, 15) is 0 Å². The molecule has 0 bridgehead atoms. The van der Waals surface area contributed by atoms with Gasteiger partial charge in [0.25, 0.3) is 0 Å². The summed E-state index contributed by atoms with van der Waals surface area (Å²) in [5.41, 5.74) is 2.70. The molecule has 0 spiro atoms. The van der Waals surface area contributed by atoms with Crippen molar-refractivity contribution >= 4 is 0 Å². The predicted molar refractivity (Wildman–Crippen MR) is 64.3 cm³/mol.